The van der Waals surface area contributed by atoms with E-state index >= 15 is 0 Å². The van der Waals surface area contributed by atoms with Gasteiger partial charge in [-0.1, -0.05) is 0 Å². The molecule has 0 amide bonds. The molecule has 0 bridgehead atoms. The van der Waals surface area contributed by atoms with Gasteiger partial charge in [-0.25, -0.2) is 4.79 Å². The largest absolute Gasteiger partial charge is 0.496 e. The Hall–Kier alpha value is -2.83. The number of aromatic carboxylic acids is 1. The average molecular weight is 276 g/mol. The number of hydrogen-bond donors (Lipinski definition) is 1. The second-order valence-electron chi connectivity index (χ2n) is 4.08. The number of nitrogens with zero attached hydrogens (tertiary/aromatic N) is 2. The molecule has 2 rings (SSSR count). The maximum Gasteiger partial charge on any atom is 0.352 e. The first-order valence-corrected chi connectivity index (χ1v) is 5.72. The zero-order valence-electron chi connectivity index (χ0n) is 10.6. The molecule has 0 saturated heterocycles. The molecule has 1 aromatic carbocycles. The number of rotatable bonds is 5. The first kappa shape index (κ1) is 13.6. The summed E-state index contributed by atoms with van der Waals surface area (Å²) in [6, 6.07) is 7.29. The summed E-state index contributed by atoms with van der Waals surface area (Å²) in [6.45, 7) is 0.180. The normalized spacial score (nSPS) is 10.2. The van der Waals surface area contributed by atoms with E-state index in [9.17, 15) is 14.9 Å². The van der Waals surface area contributed by atoms with Crippen LogP contribution in [0.3, 0.4) is 0 Å². The summed E-state index contributed by atoms with van der Waals surface area (Å²) >= 11 is 0. The number of nitro benzene ring substituents is 1. The van der Waals surface area contributed by atoms with E-state index < -0.39 is 10.9 Å². The third-order valence-corrected chi connectivity index (χ3v) is 2.86. The quantitative estimate of drug-likeness (QED) is 0.667. The van der Waals surface area contributed by atoms with Crippen LogP contribution in [0, 0.1) is 10.1 Å². The molecule has 1 N–H and O–H groups in total. The lowest BCUT2D eigenvalue weighted by Crippen LogP contribution is -2.09. The van der Waals surface area contributed by atoms with Gasteiger partial charge in [0.1, 0.15) is 11.4 Å². The Morgan fingerprint density at radius 2 is 2.20 bits per heavy atom. The molecular weight excluding hydrogens is 264 g/mol. The molecule has 0 radical (unpaired) electrons. The number of carboxylic acids is 1. The van der Waals surface area contributed by atoms with Crippen molar-refractivity contribution in [2.24, 2.45) is 0 Å². The standard InChI is InChI=1S/C13H12N2O5/c1-20-12-5-4-10(15(18)19)7-9(12)8-14-6-2-3-11(14)13(16)17/h2-7H,8H2,1H3,(H,16,17). The smallest absolute Gasteiger partial charge is 0.352 e. The van der Waals surface area contributed by atoms with Crippen molar-refractivity contribution in [2.45, 2.75) is 6.54 Å². The first-order valence-electron chi connectivity index (χ1n) is 5.72. The Labute approximate surface area is 114 Å². The van der Waals surface area contributed by atoms with Gasteiger partial charge < -0.3 is 14.4 Å². The van der Waals surface area contributed by atoms with E-state index in [0.717, 1.165) is 0 Å². The van der Waals surface area contributed by atoms with Gasteiger partial charge in [0.2, 0.25) is 0 Å². The summed E-state index contributed by atoms with van der Waals surface area (Å²) in [5.74, 6) is -0.583. The van der Waals surface area contributed by atoms with E-state index in [1.54, 1.807) is 12.3 Å². The van der Waals surface area contributed by atoms with Crippen LogP contribution < -0.4 is 4.74 Å². The number of benzene rings is 1. The van der Waals surface area contributed by atoms with Crippen LogP contribution in [0.1, 0.15) is 16.1 Å². The molecule has 0 unspecified atom stereocenters. The summed E-state index contributed by atoms with van der Waals surface area (Å²) in [5, 5.41) is 19.8. The molecule has 0 aliphatic heterocycles. The summed E-state index contributed by atoms with van der Waals surface area (Å²) in [4.78, 5) is 21.3. The summed E-state index contributed by atoms with van der Waals surface area (Å²) in [6.07, 6.45) is 1.60. The van der Waals surface area contributed by atoms with Gasteiger partial charge in [0.25, 0.3) is 5.69 Å². The van der Waals surface area contributed by atoms with Crippen LogP contribution in [0.2, 0.25) is 0 Å². The number of methoxy groups -OCH3 is 1. The Bertz CT molecular complexity index is 663. The summed E-state index contributed by atoms with van der Waals surface area (Å²) in [5.41, 5.74) is 0.587. The molecule has 0 aliphatic rings. The molecule has 0 saturated carbocycles. The van der Waals surface area contributed by atoms with Crippen molar-refractivity contribution in [1.82, 2.24) is 4.57 Å². The van der Waals surface area contributed by atoms with Crippen molar-refractivity contribution in [3.63, 3.8) is 0 Å². The van der Waals surface area contributed by atoms with Crippen LogP contribution in [0.15, 0.2) is 36.5 Å². The van der Waals surface area contributed by atoms with E-state index in [1.807, 2.05) is 0 Å². The van der Waals surface area contributed by atoms with Gasteiger partial charge in [0.05, 0.1) is 18.6 Å². The predicted molar refractivity (Wildman–Crippen MR) is 70.1 cm³/mol. The van der Waals surface area contributed by atoms with E-state index in [1.165, 1.54) is 35.9 Å². The number of ether oxygens (including phenoxy) is 1. The monoisotopic (exact) mass is 276 g/mol. The minimum absolute atomic E-state index is 0.0650. The van der Waals surface area contributed by atoms with Crippen LogP contribution in [0.4, 0.5) is 5.69 Å². The van der Waals surface area contributed by atoms with E-state index in [2.05, 4.69) is 0 Å². The zero-order valence-corrected chi connectivity index (χ0v) is 10.6. The van der Waals surface area contributed by atoms with Gasteiger partial charge in [-0.2, -0.15) is 0 Å². The fourth-order valence-electron chi connectivity index (χ4n) is 1.93. The molecule has 7 heteroatoms. The molecule has 20 heavy (non-hydrogen) atoms. The number of hydrogen-bond acceptors (Lipinski definition) is 4. The highest BCUT2D eigenvalue weighted by Crippen LogP contribution is 2.25. The Kier molecular flexibility index (Phi) is 3.69. The zero-order chi connectivity index (χ0) is 14.7. The minimum atomic E-state index is -1.06. The molecule has 2 aromatic rings. The Morgan fingerprint density at radius 3 is 2.80 bits per heavy atom. The molecule has 0 aliphatic carbocycles. The van der Waals surface area contributed by atoms with E-state index in [0.29, 0.717) is 11.3 Å². The number of nitro groups is 1. The topological polar surface area (TPSA) is 94.6 Å². The molecule has 0 atom stereocenters. The Morgan fingerprint density at radius 1 is 1.45 bits per heavy atom. The van der Waals surface area contributed by atoms with Gasteiger partial charge in [-0.05, 0) is 18.2 Å². The van der Waals surface area contributed by atoms with Crippen molar-refractivity contribution in [3.05, 3.63) is 57.9 Å². The maximum absolute atomic E-state index is 11.0. The van der Waals surface area contributed by atoms with E-state index in [-0.39, 0.29) is 17.9 Å². The van der Waals surface area contributed by atoms with Crippen LogP contribution in [0.25, 0.3) is 0 Å². The van der Waals surface area contributed by atoms with Crippen LogP contribution >= 0.6 is 0 Å². The lowest BCUT2D eigenvalue weighted by Gasteiger charge is -2.10. The summed E-state index contributed by atoms with van der Waals surface area (Å²) < 4.78 is 6.64. The van der Waals surface area contributed by atoms with Crippen molar-refractivity contribution in [1.29, 1.82) is 0 Å². The number of carbonyl (C=O) groups is 1. The molecule has 1 aromatic heterocycles. The molecule has 0 spiro atoms. The fourth-order valence-corrected chi connectivity index (χ4v) is 1.93. The maximum atomic E-state index is 11.0. The van der Waals surface area contributed by atoms with Crippen LogP contribution in [0.5, 0.6) is 5.75 Å². The minimum Gasteiger partial charge on any atom is -0.496 e. The van der Waals surface area contributed by atoms with Gasteiger partial charge in [-0.15, -0.1) is 0 Å². The Balaban J connectivity index is 2.41. The highest BCUT2D eigenvalue weighted by Gasteiger charge is 2.14. The van der Waals surface area contributed by atoms with E-state index in [4.69, 9.17) is 9.84 Å². The van der Waals surface area contributed by atoms with Crippen molar-refractivity contribution in [3.8, 4) is 5.75 Å². The van der Waals surface area contributed by atoms with Crippen LogP contribution in [-0.2, 0) is 6.54 Å². The van der Waals surface area contributed by atoms with Gasteiger partial charge >= 0.3 is 5.97 Å². The number of carboxylic acid groups (broad SMARTS) is 1. The van der Waals surface area contributed by atoms with Crippen molar-refractivity contribution >= 4 is 11.7 Å². The third kappa shape index (κ3) is 2.61. The number of aromatic nitrogens is 1. The first-order chi connectivity index (χ1) is 9.52. The van der Waals surface area contributed by atoms with Crippen molar-refractivity contribution in [2.75, 3.05) is 7.11 Å². The lowest BCUT2D eigenvalue weighted by molar-refractivity contribution is -0.384. The second kappa shape index (κ2) is 5.43. The molecule has 0 fully saturated rings. The molecule has 104 valence electrons. The molecule has 1 heterocycles. The summed E-state index contributed by atoms with van der Waals surface area (Å²) in [7, 11) is 1.46. The molecule has 7 nitrogen and oxygen atoms in total. The fraction of sp³-hybridized carbons (Fsp3) is 0.154. The lowest BCUT2D eigenvalue weighted by atomic mass is 10.1. The SMILES string of the molecule is COc1ccc([N+](=O)[O-])cc1Cn1cccc1C(=O)O. The third-order valence-electron chi connectivity index (χ3n) is 2.86. The molecular formula is C13H12N2O5. The highest BCUT2D eigenvalue weighted by atomic mass is 16.6. The number of non-ortho nitro benzene ring substituents is 1. The van der Waals surface area contributed by atoms with Crippen LogP contribution in [-0.4, -0.2) is 27.7 Å². The highest BCUT2D eigenvalue weighted by molar-refractivity contribution is 5.85. The predicted octanol–water partition coefficient (Wildman–Crippen LogP) is 2.15. The second-order valence-corrected chi connectivity index (χ2v) is 4.08. The van der Waals surface area contributed by atoms with Gasteiger partial charge in [-0.3, -0.25) is 10.1 Å². The van der Waals surface area contributed by atoms with Gasteiger partial charge in [0, 0.05) is 23.9 Å². The van der Waals surface area contributed by atoms with Crippen molar-refractivity contribution < 1.29 is 19.6 Å². The average Bonchev–Trinajstić information content (AvgIpc) is 2.87. The van der Waals surface area contributed by atoms with Gasteiger partial charge in [0.15, 0.2) is 0 Å².